The standard InChI is InChI=1S/C13H19N5O/c1-17(2)9-14-12-7-5-6-11(8-12)13(19)16-15-10-18(3)4/h5-10H,1-4H3,(H,16,19)/b14-9?,15-10+. The van der Waals surface area contributed by atoms with Gasteiger partial charge in [0.2, 0.25) is 0 Å². The Bertz CT molecular complexity index is 480. The van der Waals surface area contributed by atoms with Gasteiger partial charge in [0, 0.05) is 33.8 Å². The molecule has 0 aliphatic rings. The Morgan fingerprint density at radius 1 is 1.16 bits per heavy atom. The summed E-state index contributed by atoms with van der Waals surface area (Å²) >= 11 is 0. The summed E-state index contributed by atoms with van der Waals surface area (Å²) in [6.07, 6.45) is 3.20. The molecule has 0 spiro atoms. The van der Waals surface area contributed by atoms with E-state index in [4.69, 9.17) is 0 Å². The van der Waals surface area contributed by atoms with Gasteiger partial charge in [-0.2, -0.15) is 5.10 Å². The van der Waals surface area contributed by atoms with Gasteiger partial charge in [-0.1, -0.05) is 6.07 Å². The van der Waals surface area contributed by atoms with Gasteiger partial charge in [-0.25, -0.2) is 10.4 Å². The monoisotopic (exact) mass is 261 g/mol. The van der Waals surface area contributed by atoms with Gasteiger partial charge in [0.25, 0.3) is 5.91 Å². The lowest BCUT2D eigenvalue weighted by molar-refractivity contribution is 0.0954. The minimum Gasteiger partial charge on any atom is -0.369 e. The molecule has 0 unspecified atom stereocenters. The average molecular weight is 261 g/mol. The molecule has 6 heteroatoms. The number of hydrogen-bond donors (Lipinski definition) is 1. The molecule has 0 bridgehead atoms. The first-order valence-electron chi connectivity index (χ1n) is 5.79. The molecule has 0 saturated carbocycles. The zero-order valence-electron chi connectivity index (χ0n) is 11.7. The van der Waals surface area contributed by atoms with Crippen LogP contribution < -0.4 is 5.43 Å². The van der Waals surface area contributed by atoms with Crippen LogP contribution in [0.3, 0.4) is 0 Å². The smallest absolute Gasteiger partial charge is 0.271 e. The number of aliphatic imine (C=N–C) groups is 1. The highest BCUT2D eigenvalue weighted by Gasteiger charge is 2.04. The van der Waals surface area contributed by atoms with Crippen LogP contribution in [0.25, 0.3) is 0 Å². The number of carbonyl (C=O) groups is 1. The molecule has 0 saturated heterocycles. The highest BCUT2D eigenvalue weighted by atomic mass is 16.2. The Morgan fingerprint density at radius 2 is 1.84 bits per heavy atom. The Balaban J connectivity index is 2.73. The Morgan fingerprint density at radius 3 is 2.47 bits per heavy atom. The molecule has 1 amide bonds. The molecule has 0 fully saturated rings. The maximum Gasteiger partial charge on any atom is 0.271 e. The summed E-state index contributed by atoms with van der Waals surface area (Å²) in [4.78, 5) is 19.6. The Labute approximate surface area is 113 Å². The maximum atomic E-state index is 11.8. The van der Waals surface area contributed by atoms with Gasteiger partial charge in [0.05, 0.1) is 12.0 Å². The van der Waals surface area contributed by atoms with E-state index in [0.29, 0.717) is 5.56 Å². The normalized spacial score (nSPS) is 10.9. The van der Waals surface area contributed by atoms with Crippen LogP contribution in [0.5, 0.6) is 0 Å². The van der Waals surface area contributed by atoms with Gasteiger partial charge < -0.3 is 9.80 Å². The fourth-order valence-electron chi connectivity index (χ4n) is 1.18. The van der Waals surface area contributed by atoms with Gasteiger partial charge >= 0.3 is 0 Å². The van der Waals surface area contributed by atoms with Crippen molar-refractivity contribution in [2.24, 2.45) is 10.1 Å². The maximum absolute atomic E-state index is 11.8. The SMILES string of the molecule is CN(C)C=Nc1cccc(C(=O)N/N=C/N(C)C)c1. The largest absolute Gasteiger partial charge is 0.369 e. The molecule has 1 rings (SSSR count). The molecular weight excluding hydrogens is 242 g/mol. The van der Waals surface area contributed by atoms with Crippen molar-refractivity contribution in [1.29, 1.82) is 0 Å². The second-order valence-electron chi connectivity index (χ2n) is 4.41. The summed E-state index contributed by atoms with van der Waals surface area (Å²) in [7, 11) is 7.42. The molecule has 0 atom stereocenters. The number of amides is 1. The third-order valence-corrected chi connectivity index (χ3v) is 2.00. The summed E-state index contributed by atoms with van der Waals surface area (Å²) in [6.45, 7) is 0. The predicted molar refractivity (Wildman–Crippen MR) is 77.9 cm³/mol. The minimum absolute atomic E-state index is 0.264. The number of nitrogens with zero attached hydrogens (tertiary/aromatic N) is 4. The summed E-state index contributed by atoms with van der Waals surface area (Å²) < 4.78 is 0. The van der Waals surface area contributed by atoms with Crippen molar-refractivity contribution < 1.29 is 4.79 Å². The number of hydrazone groups is 1. The van der Waals surface area contributed by atoms with Crippen molar-refractivity contribution in [3.63, 3.8) is 0 Å². The zero-order valence-corrected chi connectivity index (χ0v) is 11.7. The Hall–Kier alpha value is -2.37. The highest BCUT2D eigenvalue weighted by Crippen LogP contribution is 2.13. The first-order chi connectivity index (χ1) is 8.99. The second-order valence-corrected chi connectivity index (χ2v) is 4.41. The molecule has 0 radical (unpaired) electrons. The minimum atomic E-state index is -0.264. The predicted octanol–water partition coefficient (Wildman–Crippen LogP) is 1.14. The third kappa shape index (κ3) is 5.67. The first-order valence-corrected chi connectivity index (χ1v) is 5.79. The lowest BCUT2D eigenvalue weighted by Gasteiger charge is -2.05. The van der Waals surface area contributed by atoms with Crippen molar-refractivity contribution in [1.82, 2.24) is 15.2 Å². The van der Waals surface area contributed by atoms with Crippen LogP contribution in [0.4, 0.5) is 5.69 Å². The van der Waals surface area contributed by atoms with Crippen molar-refractivity contribution in [2.45, 2.75) is 0 Å². The van der Waals surface area contributed by atoms with E-state index in [9.17, 15) is 4.79 Å². The van der Waals surface area contributed by atoms with Gasteiger partial charge in [-0.3, -0.25) is 4.79 Å². The number of rotatable bonds is 5. The lowest BCUT2D eigenvalue weighted by Crippen LogP contribution is -2.20. The molecule has 0 aliphatic heterocycles. The molecule has 1 aromatic carbocycles. The number of carbonyl (C=O) groups excluding carboxylic acids is 1. The van der Waals surface area contributed by atoms with E-state index in [1.54, 1.807) is 29.4 Å². The van der Waals surface area contributed by atoms with Crippen LogP contribution in [-0.4, -0.2) is 56.6 Å². The van der Waals surface area contributed by atoms with Crippen LogP contribution in [0.1, 0.15) is 10.4 Å². The molecule has 102 valence electrons. The number of nitrogens with one attached hydrogen (secondary N) is 1. The summed E-state index contributed by atoms with van der Waals surface area (Å²) in [5.41, 5.74) is 3.69. The molecule has 6 nitrogen and oxygen atoms in total. The van der Waals surface area contributed by atoms with E-state index in [0.717, 1.165) is 5.69 Å². The van der Waals surface area contributed by atoms with Crippen LogP contribution in [0.15, 0.2) is 34.4 Å². The molecule has 0 aliphatic carbocycles. The Kier molecular flexibility index (Phi) is 5.53. The highest BCUT2D eigenvalue weighted by molar-refractivity contribution is 5.95. The van der Waals surface area contributed by atoms with Crippen molar-refractivity contribution >= 4 is 24.3 Å². The number of benzene rings is 1. The van der Waals surface area contributed by atoms with E-state index in [2.05, 4.69) is 15.5 Å². The van der Waals surface area contributed by atoms with Crippen molar-refractivity contribution in [2.75, 3.05) is 28.2 Å². The third-order valence-electron chi connectivity index (χ3n) is 2.00. The summed E-state index contributed by atoms with van der Waals surface area (Å²) in [6, 6.07) is 7.04. The first kappa shape index (κ1) is 14.7. The number of hydrogen-bond acceptors (Lipinski definition) is 3. The van der Waals surface area contributed by atoms with E-state index < -0.39 is 0 Å². The van der Waals surface area contributed by atoms with Gasteiger partial charge in [-0.05, 0) is 18.2 Å². The van der Waals surface area contributed by atoms with E-state index in [-0.39, 0.29) is 5.91 Å². The quantitative estimate of drug-likeness (QED) is 0.491. The van der Waals surface area contributed by atoms with Gasteiger partial charge in [-0.15, -0.1) is 0 Å². The fourth-order valence-corrected chi connectivity index (χ4v) is 1.18. The van der Waals surface area contributed by atoms with Crippen LogP contribution >= 0.6 is 0 Å². The van der Waals surface area contributed by atoms with Gasteiger partial charge in [0.1, 0.15) is 6.34 Å². The van der Waals surface area contributed by atoms with E-state index >= 15 is 0 Å². The fraction of sp³-hybridized carbons (Fsp3) is 0.308. The molecule has 1 N–H and O–H groups in total. The van der Waals surface area contributed by atoms with E-state index in [1.807, 2.05) is 39.2 Å². The molecule has 0 aromatic heterocycles. The van der Waals surface area contributed by atoms with Crippen molar-refractivity contribution in [3.8, 4) is 0 Å². The summed E-state index contributed by atoms with van der Waals surface area (Å²) in [5.74, 6) is -0.264. The van der Waals surface area contributed by atoms with Crippen LogP contribution in [-0.2, 0) is 0 Å². The molecule has 0 heterocycles. The van der Waals surface area contributed by atoms with Gasteiger partial charge in [0.15, 0.2) is 0 Å². The van der Waals surface area contributed by atoms with E-state index in [1.165, 1.54) is 6.34 Å². The molecular formula is C13H19N5O. The molecule has 19 heavy (non-hydrogen) atoms. The molecule has 1 aromatic rings. The van der Waals surface area contributed by atoms with Crippen LogP contribution in [0.2, 0.25) is 0 Å². The zero-order chi connectivity index (χ0) is 14.3. The summed E-state index contributed by atoms with van der Waals surface area (Å²) in [5, 5.41) is 3.81. The van der Waals surface area contributed by atoms with Crippen LogP contribution in [0, 0.1) is 0 Å². The average Bonchev–Trinajstić information content (AvgIpc) is 2.36. The lowest BCUT2D eigenvalue weighted by atomic mass is 10.2. The second kappa shape index (κ2) is 7.15. The van der Waals surface area contributed by atoms with Crippen molar-refractivity contribution in [3.05, 3.63) is 29.8 Å². The topological polar surface area (TPSA) is 60.3 Å².